The molecule has 0 saturated carbocycles. The average molecular weight is 332 g/mol. The Hall–Kier alpha value is -0.300. The van der Waals surface area contributed by atoms with Gasteiger partial charge in [-0.25, -0.2) is 0 Å². The summed E-state index contributed by atoms with van der Waals surface area (Å²) in [6.07, 6.45) is 6.98. The number of hydrogen-bond acceptors (Lipinski definition) is 1. The van der Waals surface area contributed by atoms with Gasteiger partial charge in [0.05, 0.1) is 6.10 Å². The molecule has 0 bridgehead atoms. The molecule has 0 aromatic heterocycles. The third-order valence-electron chi connectivity index (χ3n) is 2.07. The first-order valence-corrected chi connectivity index (χ1v) is 6.29. The fourth-order valence-electron chi connectivity index (χ4n) is 1.33. The Bertz CT molecular complexity index is 348. The SMILES string of the molecule is C#CCCCC(O)c1cc(Br)cc(Br)c1. The van der Waals surface area contributed by atoms with Gasteiger partial charge in [0.2, 0.25) is 0 Å². The molecule has 0 heterocycles. The smallest absolute Gasteiger partial charge is 0.0791 e. The van der Waals surface area contributed by atoms with Gasteiger partial charge in [0.25, 0.3) is 0 Å². The highest BCUT2D eigenvalue weighted by atomic mass is 79.9. The Kier molecular flexibility index (Phi) is 5.38. The molecule has 3 heteroatoms. The summed E-state index contributed by atoms with van der Waals surface area (Å²) in [5.41, 5.74) is 0.910. The summed E-state index contributed by atoms with van der Waals surface area (Å²) in [7, 11) is 0. The lowest BCUT2D eigenvalue weighted by Crippen LogP contribution is -1.97. The first kappa shape index (κ1) is 12.8. The molecule has 80 valence electrons. The van der Waals surface area contributed by atoms with E-state index in [1.165, 1.54) is 0 Å². The summed E-state index contributed by atoms with van der Waals surface area (Å²) < 4.78 is 1.92. The van der Waals surface area contributed by atoms with Gasteiger partial charge < -0.3 is 5.11 Å². The summed E-state index contributed by atoms with van der Waals surface area (Å²) in [4.78, 5) is 0. The van der Waals surface area contributed by atoms with Crippen molar-refractivity contribution < 1.29 is 5.11 Å². The Morgan fingerprint density at radius 3 is 2.40 bits per heavy atom. The zero-order valence-electron chi connectivity index (χ0n) is 8.21. The lowest BCUT2D eigenvalue weighted by molar-refractivity contribution is 0.165. The highest BCUT2D eigenvalue weighted by molar-refractivity contribution is 9.11. The zero-order valence-corrected chi connectivity index (χ0v) is 11.4. The van der Waals surface area contributed by atoms with Crippen molar-refractivity contribution in [3.8, 4) is 12.3 Å². The van der Waals surface area contributed by atoms with Crippen molar-refractivity contribution in [2.24, 2.45) is 0 Å². The molecule has 0 aliphatic rings. The van der Waals surface area contributed by atoms with Gasteiger partial charge in [0, 0.05) is 15.4 Å². The van der Waals surface area contributed by atoms with Crippen molar-refractivity contribution >= 4 is 31.9 Å². The molecule has 1 atom stereocenters. The molecule has 0 amide bonds. The molecule has 0 fully saturated rings. The van der Waals surface area contributed by atoms with Crippen LogP contribution in [0.4, 0.5) is 0 Å². The second-order valence-corrected chi connectivity index (χ2v) is 5.15. The number of unbranched alkanes of at least 4 members (excludes halogenated alkanes) is 1. The van der Waals surface area contributed by atoms with E-state index in [4.69, 9.17) is 6.42 Å². The van der Waals surface area contributed by atoms with Crippen LogP contribution in [-0.2, 0) is 0 Å². The predicted molar refractivity (Wildman–Crippen MR) is 69.5 cm³/mol. The average Bonchev–Trinajstić information content (AvgIpc) is 2.16. The fraction of sp³-hybridized carbons (Fsp3) is 0.333. The fourth-order valence-corrected chi connectivity index (χ4v) is 2.66. The van der Waals surface area contributed by atoms with Gasteiger partial charge in [0.15, 0.2) is 0 Å². The molecular formula is C12H12Br2O. The number of aliphatic hydroxyl groups excluding tert-OH is 1. The normalized spacial score (nSPS) is 12.1. The molecule has 0 aliphatic heterocycles. The van der Waals surface area contributed by atoms with Gasteiger partial charge in [-0.2, -0.15) is 0 Å². The number of terminal acetylenes is 1. The molecule has 1 aromatic carbocycles. The molecule has 0 aliphatic carbocycles. The number of hydrogen-bond donors (Lipinski definition) is 1. The lowest BCUT2D eigenvalue weighted by Gasteiger charge is -2.11. The van der Waals surface area contributed by atoms with Crippen LogP contribution in [0.25, 0.3) is 0 Å². The van der Waals surface area contributed by atoms with Crippen LogP contribution in [-0.4, -0.2) is 5.11 Å². The minimum atomic E-state index is -0.438. The van der Waals surface area contributed by atoms with Crippen molar-refractivity contribution in [3.63, 3.8) is 0 Å². The van der Waals surface area contributed by atoms with Crippen LogP contribution in [0.1, 0.15) is 30.9 Å². The number of halogens is 2. The van der Waals surface area contributed by atoms with Crippen LogP contribution in [0.15, 0.2) is 27.1 Å². The van der Waals surface area contributed by atoms with Crippen molar-refractivity contribution in [2.75, 3.05) is 0 Å². The first-order valence-electron chi connectivity index (χ1n) is 4.71. The Morgan fingerprint density at radius 2 is 1.87 bits per heavy atom. The lowest BCUT2D eigenvalue weighted by atomic mass is 10.0. The molecule has 0 spiro atoms. The number of aliphatic hydroxyl groups is 1. The van der Waals surface area contributed by atoms with Gasteiger partial charge in [-0.05, 0) is 36.6 Å². The largest absolute Gasteiger partial charge is 0.388 e. The van der Waals surface area contributed by atoms with E-state index in [1.54, 1.807) is 0 Å². The molecule has 1 aromatic rings. The van der Waals surface area contributed by atoms with Crippen LogP contribution in [0.2, 0.25) is 0 Å². The molecule has 0 radical (unpaired) electrons. The second-order valence-electron chi connectivity index (χ2n) is 3.31. The van der Waals surface area contributed by atoms with Gasteiger partial charge >= 0.3 is 0 Å². The van der Waals surface area contributed by atoms with E-state index in [2.05, 4.69) is 37.8 Å². The van der Waals surface area contributed by atoms with Crippen molar-refractivity contribution in [1.29, 1.82) is 0 Å². The predicted octanol–water partition coefficient (Wildman–Crippen LogP) is 4.05. The summed E-state index contributed by atoms with van der Waals surface area (Å²) >= 11 is 6.78. The first-order chi connectivity index (χ1) is 7.13. The topological polar surface area (TPSA) is 20.2 Å². The van der Waals surface area contributed by atoms with Crippen LogP contribution < -0.4 is 0 Å². The van der Waals surface area contributed by atoms with Crippen LogP contribution in [0.5, 0.6) is 0 Å². The third kappa shape index (κ3) is 4.38. The molecule has 15 heavy (non-hydrogen) atoms. The molecule has 1 rings (SSSR count). The summed E-state index contributed by atoms with van der Waals surface area (Å²) in [5, 5.41) is 9.89. The van der Waals surface area contributed by atoms with Gasteiger partial charge in [0.1, 0.15) is 0 Å². The van der Waals surface area contributed by atoms with E-state index in [0.717, 1.165) is 20.9 Å². The minimum Gasteiger partial charge on any atom is -0.388 e. The maximum absolute atomic E-state index is 9.89. The van der Waals surface area contributed by atoms with E-state index < -0.39 is 6.10 Å². The molecule has 1 unspecified atom stereocenters. The molecule has 1 N–H and O–H groups in total. The van der Waals surface area contributed by atoms with E-state index in [1.807, 2.05) is 18.2 Å². The van der Waals surface area contributed by atoms with Gasteiger partial charge in [-0.3, -0.25) is 0 Å². The van der Waals surface area contributed by atoms with Gasteiger partial charge in [-0.1, -0.05) is 31.9 Å². The standard InChI is InChI=1S/C12H12Br2O/c1-2-3-4-5-12(15)9-6-10(13)8-11(14)7-9/h1,6-8,12,15H,3-5H2. The zero-order chi connectivity index (χ0) is 11.3. The summed E-state index contributed by atoms with van der Waals surface area (Å²) in [5.74, 6) is 2.57. The van der Waals surface area contributed by atoms with Gasteiger partial charge in [-0.15, -0.1) is 12.3 Å². The number of benzene rings is 1. The highest BCUT2D eigenvalue weighted by Gasteiger charge is 2.08. The van der Waals surface area contributed by atoms with Crippen molar-refractivity contribution in [2.45, 2.75) is 25.4 Å². The number of rotatable bonds is 4. The quantitative estimate of drug-likeness (QED) is 0.652. The molecule has 0 saturated heterocycles. The van der Waals surface area contributed by atoms with E-state index >= 15 is 0 Å². The Balaban J connectivity index is 2.65. The highest BCUT2D eigenvalue weighted by Crippen LogP contribution is 2.26. The van der Waals surface area contributed by atoms with E-state index in [0.29, 0.717) is 12.8 Å². The van der Waals surface area contributed by atoms with Crippen LogP contribution in [0, 0.1) is 12.3 Å². The maximum Gasteiger partial charge on any atom is 0.0791 e. The minimum absolute atomic E-state index is 0.438. The van der Waals surface area contributed by atoms with E-state index in [9.17, 15) is 5.11 Å². The molecular weight excluding hydrogens is 320 g/mol. The second kappa shape index (κ2) is 6.32. The molecule has 1 nitrogen and oxygen atoms in total. The van der Waals surface area contributed by atoms with Crippen LogP contribution >= 0.6 is 31.9 Å². The monoisotopic (exact) mass is 330 g/mol. The summed E-state index contributed by atoms with van der Waals surface area (Å²) in [6.45, 7) is 0. The van der Waals surface area contributed by atoms with E-state index in [-0.39, 0.29) is 0 Å². The maximum atomic E-state index is 9.89. The van der Waals surface area contributed by atoms with Crippen molar-refractivity contribution in [3.05, 3.63) is 32.7 Å². The third-order valence-corrected chi connectivity index (χ3v) is 2.98. The Morgan fingerprint density at radius 1 is 1.27 bits per heavy atom. The summed E-state index contributed by atoms with van der Waals surface area (Å²) in [6, 6.07) is 5.79. The van der Waals surface area contributed by atoms with Crippen molar-refractivity contribution in [1.82, 2.24) is 0 Å². The Labute approximate surface area is 107 Å². The van der Waals surface area contributed by atoms with Crippen LogP contribution in [0.3, 0.4) is 0 Å².